The molecule has 2 atom stereocenters. The Balaban J connectivity index is 3.76. The molecule has 5 heteroatoms. The van der Waals surface area contributed by atoms with Gasteiger partial charge in [-0.2, -0.15) is 0 Å². The van der Waals surface area contributed by atoms with Crippen LogP contribution in [-0.4, -0.2) is 34.4 Å². The van der Waals surface area contributed by atoms with E-state index in [0.717, 1.165) is 12.8 Å². The zero-order valence-electron chi connectivity index (χ0n) is 9.81. The summed E-state index contributed by atoms with van der Waals surface area (Å²) in [6.45, 7) is 3.75. The normalized spacial score (nSPS) is 14.2. The van der Waals surface area contributed by atoms with Crippen molar-refractivity contribution in [2.24, 2.45) is 0 Å². The van der Waals surface area contributed by atoms with Gasteiger partial charge in [-0.25, -0.2) is 4.79 Å². The summed E-state index contributed by atoms with van der Waals surface area (Å²) >= 11 is 0. The standard InChI is InChI=1S/C11H20O5/c1-3-5-8(2)16-11(15)9(12)6-4-7-10(13)14/h8-9,12H,3-7H2,1-2H3,(H,13,14). The van der Waals surface area contributed by atoms with Gasteiger partial charge in [-0.3, -0.25) is 4.79 Å². The van der Waals surface area contributed by atoms with Gasteiger partial charge in [0.1, 0.15) is 0 Å². The number of rotatable bonds is 8. The molecule has 2 unspecified atom stereocenters. The zero-order chi connectivity index (χ0) is 12.6. The van der Waals surface area contributed by atoms with Crippen molar-refractivity contribution in [1.82, 2.24) is 0 Å². The van der Waals surface area contributed by atoms with Crippen LogP contribution in [0.3, 0.4) is 0 Å². The largest absolute Gasteiger partial charge is 0.481 e. The van der Waals surface area contributed by atoms with Crippen LogP contribution in [0, 0.1) is 0 Å². The Kier molecular flexibility index (Phi) is 7.54. The van der Waals surface area contributed by atoms with Gasteiger partial charge in [0.25, 0.3) is 0 Å². The molecule has 0 fully saturated rings. The lowest BCUT2D eigenvalue weighted by Gasteiger charge is -2.15. The topological polar surface area (TPSA) is 83.8 Å². The molecule has 0 bridgehead atoms. The SMILES string of the molecule is CCCC(C)OC(=O)C(O)CCCC(=O)O. The first kappa shape index (κ1) is 14.9. The van der Waals surface area contributed by atoms with E-state index in [9.17, 15) is 14.7 Å². The van der Waals surface area contributed by atoms with Gasteiger partial charge in [0.15, 0.2) is 6.10 Å². The number of esters is 1. The monoisotopic (exact) mass is 232 g/mol. The van der Waals surface area contributed by atoms with Crippen LogP contribution in [0.1, 0.15) is 46.0 Å². The van der Waals surface area contributed by atoms with Gasteiger partial charge in [0.2, 0.25) is 0 Å². The molecule has 0 aliphatic carbocycles. The van der Waals surface area contributed by atoms with E-state index >= 15 is 0 Å². The highest BCUT2D eigenvalue weighted by Gasteiger charge is 2.18. The molecular weight excluding hydrogens is 212 g/mol. The van der Waals surface area contributed by atoms with Gasteiger partial charge >= 0.3 is 11.9 Å². The molecule has 0 aromatic rings. The van der Waals surface area contributed by atoms with Gasteiger partial charge in [0.05, 0.1) is 6.10 Å². The van der Waals surface area contributed by atoms with Crippen LogP contribution < -0.4 is 0 Å². The third-order valence-corrected chi connectivity index (χ3v) is 2.15. The molecule has 0 rings (SSSR count). The molecule has 0 amide bonds. The highest BCUT2D eigenvalue weighted by Crippen LogP contribution is 2.07. The fourth-order valence-electron chi connectivity index (χ4n) is 1.31. The van der Waals surface area contributed by atoms with Crippen molar-refractivity contribution in [2.45, 2.75) is 58.2 Å². The highest BCUT2D eigenvalue weighted by molar-refractivity contribution is 5.74. The van der Waals surface area contributed by atoms with Crippen molar-refractivity contribution in [1.29, 1.82) is 0 Å². The van der Waals surface area contributed by atoms with Gasteiger partial charge in [0, 0.05) is 6.42 Å². The molecule has 5 nitrogen and oxygen atoms in total. The molecule has 94 valence electrons. The predicted octanol–water partition coefficient (Wildman–Crippen LogP) is 1.33. The highest BCUT2D eigenvalue weighted by atomic mass is 16.6. The van der Waals surface area contributed by atoms with Crippen LogP contribution in [-0.2, 0) is 14.3 Å². The number of carboxylic acid groups (broad SMARTS) is 1. The number of ether oxygens (including phenoxy) is 1. The van der Waals surface area contributed by atoms with E-state index in [1.807, 2.05) is 6.92 Å². The van der Waals surface area contributed by atoms with Crippen molar-refractivity contribution < 1.29 is 24.5 Å². The third kappa shape index (κ3) is 7.23. The van der Waals surface area contributed by atoms with Gasteiger partial charge in [-0.05, 0) is 26.2 Å². The molecule has 0 spiro atoms. The zero-order valence-corrected chi connectivity index (χ0v) is 9.81. The smallest absolute Gasteiger partial charge is 0.335 e. The Morgan fingerprint density at radius 3 is 2.44 bits per heavy atom. The van der Waals surface area contributed by atoms with Gasteiger partial charge in [-0.1, -0.05) is 13.3 Å². The molecular formula is C11H20O5. The maximum absolute atomic E-state index is 11.3. The number of hydrogen-bond donors (Lipinski definition) is 2. The lowest BCUT2D eigenvalue weighted by Crippen LogP contribution is -2.26. The maximum Gasteiger partial charge on any atom is 0.335 e. The van der Waals surface area contributed by atoms with E-state index in [1.165, 1.54) is 0 Å². The number of carboxylic acids is 1. The summed E-state index contributed by atoms with van der Waals surface area (Å²) in [6.07, 6.45) is 0.606. The molecule has 2 N–H and O–H groups in total. The Morgan fingerprint density at radius 1 is 1.31 bits per heavy atom. The predicted molar refractivity (Wildman–Crippen MR) is 58.0 cm³/mol. The minimum absolute atomic E-state index is 0.0468. The van der Waals surface area contributed by atoms with Crippen LogP contribution in [0.2, 0.25) is 0 Å². The summed E-state index contributed by atoms with van der Waals surface area (Å²) in [7, 11) is 0. The Hall–Kier alpha value is -1.10. The Morgan fingerprint density at radius 2 is 1.94 bits per heavy atom. The maximum atomic E-state index is 11.3. The molecule has 0 aromatic heterocycles. The molecule has 0 aromatic carbocycles. The van der Waals surface area contributed by atoms with E-state index in [1.54, 1.807) is 6.92 Å². The molecule has 0 heterocycles. The number of aliphatic hydroxyl groups is 1. The summed E-state index contributed by atoms with van der Waals surface area (Å²) in [6, 6.07) is 0. The molecule has 16 heavy (non-hydrogen) atoms. The molecule has 0 radical (unpaired) electrons. The molecule has 0 aliphatic heterocycles. The first-order valence-corrected chi connectivity index (χ1v) is 5.57. The molecule has 0 aliphatic rings. The second-order valence-corrected chi connectivity index (χ2v) is 3.84. The van der Waals surface area contributed by atoms with Crippen LogP contribution in [0.15, 0.2) is 0 Å². The number of aliphatic carboxylic acids is 1. The second kappa shape index (κ2) is 8.10. The van der Waals surface area contributed by atoms with E-state index < -0.39 is 18.0 Å². The van der Waals surface area contributed by atoms with Crippen molar-refractivity contribution in [3.8, 4) is 0 Å². The van der Waals surface area contributed by atoms with E-state index in [-0.39, 0.29) is 25.4 Å². The Labute approximate surface area is 95.4 Å². The number of carbonyl (C=O) groups is 2. The summed E-state index contributed by atoms with van der Waals surface area (Å²) in [5.41, 5.74) is 0. The third-order valence-electron chi connectivity index (χ3n) is 2.15. The van der Waals surface area contributed by atoms with E-state index in [0.29, 0.717) is 0 Å². The van der Waals surface area contributed by atoms with Crippen LogP contribution in [0.5, 0.6) is 0 Å². The van der Waals surface area contributed by atoms with Gasteiger partial charge < -0.3 is 14.9 Å². The van der Waals surface area contributed by atoms with Crippen LogP contribution >= 0.6 is 0 Å². The minimum Gasteiger partial charge on any atom is -0.481 e. The van der Waals surface area contributed by atoms with E-state index in [4.69, 9.17) is 9.84 Å². The fraction of sp³-hybridized carbons (Fsp3) is 0.818. The van der Waals surface area contributed by atoms with Crippen LogP contribution in [0.25, 0.3) is 0 Å². The summed E-state index contributed by atoms with van der Waals surface area (Å²) in [5.74, 6) is -1.59. The number of carbonyl (C=O) groups excluding carboxylic acids is 1. The summed E-state index contributed by atoms with van der Waals surface area (Å²) < 4.78 is 4.97. The Bertz CT molecular complexity index is 226. The first-order chi connectivity index (χ1) is 7.47. The first-order valence-electron chi connectivity index (χ1n) is 5.57. The summed E-state index contributed by atoms with van der Waals surface area (Å²) in [5, 5.41) is 17.8. The van der Waals surface area contributed by atoms with Crippen molar-refractivity contribution in [3.05, 3.63) is 0 Å². The van der Waals surface area contributed by atoms with Crippen LogP contribution in [0.4, 0.5) is 0 Å². The number of aliphatic hydroxyl groups excluding tert-OH is 1. The lowest BCUT2D eigenvalue weighted by atomic mass is 10.1. The van der Waals surface area contributed by atoms with Crippen molar-refractivity contribution in [3.63, 3.8) is 0 Å². The minimum atomic E-state index is -1.21. The second-order valence-electron chi connectivity index (χ2n) is 3.84. The average Bonchev–Trinajstić information content (AvgIpc) is 2.17. The van der Waals surface area contributed by atoms with Crippen molar-refractivity contribution in [2.75, 3.05) is 0 Å². The van der Waals surface area contributed by atoms with E-state index in [2.05, 4.69) is 0 Å². The number of hydrogen-bond acceptors (Lipinski definition) is 4. The quantitative estimate of drug-likeness (QED) is 0.617. The lowest BCUT2D eigenvalue weighted by molar-refractivity contribution is -0.159. The van der Waals surface area contributed by atoms with Gasteiger partial charge in [-0.15, -0.1) is 0 Å². The average molecular weight is 232 g/mol. The molecule has 0 saturated heterocycles. The fourth-order valence-corrected chi connectivity index (χ4v) is 1.31. The molecule has 0 saturated carbocycles. The van der Waals surface area contributed by atoms with Crippen molar-refractivity contribution >= 4 is 11.9 Å². The summed E-state index contributed by atoms with van der Waals surface area (Å²) in [4.78, 5) is 21.5.